The van der Waals surface area contributed by atoms with Gasteiger partial charge >= 0.3 is 0 Å². The Morgan fingerprint density at radius 3 is 2.62 bits per heavy atom. The van der Waals surface area contributed by atoms with E-state index in [1.165, 1.54) is 0 Å². The molecule has 21 heavy (non-hydrogen) atoms. The molecule has 0 aliphatic heterocycles. The first-order chi connectivity index (χ1) is 10.0. The fourth-order valence-corrected chi connectivity index (χ4v) is 1.91. The predicted octanol–water partition coefficient (Wildman–Crippen LogP) is 3.15. The maximum Gasteiger partial charge on any atom is 0.159 e. The largest absolute Gasteiger partial charge is 0.247 e. The molecule has 3 heterocycles. The van der Waals surface area contributed by atoms with Gasteiger partial charge in [0.1, 0.15) is 5.69 Å². The topological polar surface area (TPSA) is 56.5 Å². The molecular formula is C16H17N5. The Morgan fingerprint density at radius 1 is 1.05 bits per heavy atom. The molecular weight excluding hydrogens is 262 g/mol. The van der Waals surface area contributed by atoms with Crippen molar-refractivity contribution >= 4 is 23.2 Å². The van der Waals surface area contributed by atoms with Crippen molar-refractivity contribution in [1.29, 1.82) is 0 Å². The van der Waals surface area contributed by atoms with Crippen molar-refractivity contribution in [3.8, 4) is 0 Å². The second-order valence-electron chi connectivity index (χ2n) is 5.88. The van der Waals surface area contributed by atoms with Gasteiger partial charge in [0.2, 0.25) is 0 Å². The van der Waals surface area contributed by atoms with Crippen LogP contribution in [0.3, 0.4) is 0 Å². The van der Waals surface area contributed by atoms with Gasteiger partial charge in [0.15, 0.2) is 5.65 Å². The van der Waals surface area contributed by atoms with Crippen LogP contribution in [0.4, 0.5) is 0 Å². The third-order valence-corrected chi connectivity index (χ3v) is 3.11. The Hall–Kier alpha value is -2.56. The lowest BCUT2D eigenvalue weighted by Crippen LogP contribution is -2.22. The lowest BCUT2D eigenvalue weighted by atomic mass is 10.1. The van der Waals surface area contributed by atoms with E-state index in [0.29, 0.717) is 0 Å². The van der Waals surface area contributed by atoms with Gasteiger partial charge in [-0.05, 0) is 57.2 Å². The average Bonchev–Trinajstić information content (AvgIpc) is 2.94. The van der Waals surface area contributed by atoms with Crippen molar-refractivity contribution in [2.75, 3.05) is 0 Å². The van der Waals surface area contributed by atoms with E-state index in [2.05, 4.69) is 41.1 Å². The number of pyridine rings is 2. The van der Waals surface area contributed by atoms with Crippen LogP contribution in [0.2, 0.25) is 0 Å². The molecule has 0 aromatic carbocycles. The van der Waals surface area contributed by atoms with Crippen molar-refractivity contribution in [1.82, 2.24) is 25.0 Å². The van der Waals surface area contributed by atoms with Crippen LogP contribution in [0.25, 0.3) is 23.2 Å². The van der Waals surface area contributed by atoms with Gasteiger partial charge in [0, 0.05) is 11.6 Å². The zero-order chi connectivity index (χ0) is 14.9. The van der Waals surface area contributed by atoms with E-state index in [-0.39, 0.29) is 5.54 Å². The summed E-state index contributed by atoms with van der Waals surface area (Å²) in [4.78, 5) is 8.75. The minimum absolute atomic E-state index is 0.0653. The number of nitrogens with zero attached hydrogens (tertiary/aromatic N) is 5. The molecule has 0 saturated carbocycles. The molecule has 0 unspecified atom stereocenters. The molecule has 3 rings (SSSR count). The minimum Gasteiger partial charge on any atom is -0.247 e. The van der Waals surface area contributed by atoms with Gasteiger partial charge < -0.3 is 0 Å². The van der Waals surface area contributed by atoms with Crippen LogP contribution in [0, 0.1) is 0 Å². The molecule has 0 spiro atoms. The van der Waals surface area contributed by atoms with Gasteiger partial charge in [0.05, 0.1) is 17.4 Å². The second kappa shape index (κ2) is 5.09. The highest BCUT2D eigenvalue weighted by atomic mass is 15.4. The summed E-state index contributed by atoms with van der Waals surface area (Å²) >= 11 is 0. The normalized spacial score (nSPS) is 12.3. The summed E-state index contributed by atoms with van der Waals surface area (Å²) in [6.07, 6.45) is 7.50. The highest BCUT2D eigenvalue weighted by molar-refractivity contribution is 5.77. The monoisotopic (exact) mass is 279 g/mol. The van der Waals surface area contributed by atoms with Crippen LogP contribution in [0.1, 0.15) is 32.2 Å². The zero-order valence-electron chi connectivity index (χ0n) is 12.4. The van der Waals surface area contributed by atoms with Crippen LogP contribution >= 0.6 is 0 Å². The van der Waals surface area contributed by atoms with E-state index < -0.39 is 0 Å². The molecule has 3 aromatic rings. The maximum atomic E-state index is 4.49. The van der Waals surface area contributed by atoms with E-state index in [9.17, 15) is 0 Å². The molecule has 0 radical (unpaired) electrons. The molecule has 106 valence electrons. The lowest BCUT2D eigenvalue weighted by Gasteiger charge is -2.17. The summed E-state index contributed by atoms with van der Waals surface area (Å²) in [5, 5.41) is 9.31. The van der Waals surface area contributed by atoms with Crippen molar-refractivity contribution in [2.24, 2.45) is 0 Å². The number of fused-ring (bicyclic) bond motifs is 1. The fraction of sp³-hybridized carbons (Fsp3) is 0.250. The SMILES string of the molecule is CC(C)(C)n1cc(C=Cc2ccc3cccnc3n2)nn1. The molecule has 3 aromatic heterocycles. The third-order valence-electron chi connectivity index (χ3n) is 3.11. The lowest BCUT2D eigenvalue weighted by molar-refractivity contribution is 0.347. The standard InChI is InChI=1S/C16H17N5/c1-16(2,3)21-11-14(19-20-21)9-8-13-7-6-12-5-4-10-17-15(12)18-13/h4-11H,1-3H3. The van der Waals surface area contributed by atoms with Crippen LogP contribution in [-0.2, 0) is 5.54 Å². The molecule has 0 aliphatic rings. The summed E-state index contributed by atoms with van der Waals surface area (Å²) in [6.45, 7) is 6.27. The van der Waals surface area contributed by atoms with Gasteiger partial charge in [-0.1, -0.05) is 5.21 Å². The summed E-state index contributed by atoms with van der Waals surface area (Å²) in [6, 6.07) is 7.89. The first-order valence-corrected chi connectivity index (χ1v) is 6.85. The van der Waals surface area contributed by atoms with E-state index in [1.807, 2.05) is 47.3 Å². The van der Waals surface area contributed by atoms with Crippen molar-refractivity contribution in [3.63, 3.8) is 0 Å². The van der Waals surface area contributed by atoms with Gasteiger partial charge in [-0.3, -0.25) is 0 Å². The van der Waals surface area contributed by atoms with Crippen molar-refractivity contribution < 1.29 is 0 Å². The number of aromatic nitrogens is 5. The smallest absolute Gasteiger partial charge is 0.159 e. The Bertz CT molecular complexity index is 796. The molecule has 0 saturated heterocycles. The second-order valence-corrected chi connectivity index (χ2v) is 5.88. The Morgan fingerprint density at radius 2 is 1.86 bits per heavy atom. The summed E-state index contributed by atoms with van der Waals surface area (Å²) in [5.74, 6) is 0. The van der Waals surface area contributed by atoms with Gasteiger partial charge in [-0.25, -0.2) is 14.6 Å². The quantitative estimate of drug-likeness (QED) is 0.723. The first kappa shape index (κ1) is 13.4. The molecule has 0 atom stereocenters. The molecule has 0 aliphatic carbocycles. The van der Waals surface area contributed by atoms with Gasteiger partial charge in [0.25, 0.3) is 0 Å². The molecule has 0 N–H and O–H groups in total. The third kappa shape index (κ3) is 2.97. The summed E-state index contributed by atoms with van der Waals surface area (Å²) in [7, 11) is 0. The van der Waals surface area contributed by atoms with E-state index in [0.717, 1.165) is 22.4 Å². The molecule has 0 fully saturated rings. The molecule has 5 nitrogen and oxygen atoms in total. The number of hydrogen-bond acceptors (Lipinski definition) is 4. The zero-order valence-corrected chi connectivity index (χ0v) is 12.4. The van der Waals surface area contributed by atoms with Crippen molar-refractivity contribution in [3.05, 3.63) is 48.0 Å². The molecule has 5 heteroatoms. The first-order valence-electron chi connectivity index (χ1n) is 6.85. The van der Waals surface area contributed by atoms with E-state index in [4.69, 9.17) is 0 Å². The molecule has 0 amide bonds. The number of hydrogen-bond donors (Lipinski definition) is 0. The summed E-state index contributed by atoms with van der Waals surface area (Å²) in [5.41, 5.74) is 2.35. The minimum atomic E-state index is -0.0653. The van der Waals surface area contributed by atoms with E-state index in [1.54, 1.807) is 6.20 Å². The van der Waals surface area contributed by atoms with Crippen LogP contribution in [0.5, 0.6) is 0 Å². The van der Waals surface area contributed by atoms with Gasteiger partial charge in [-0.15, -0.1) is 5.10 Å². The fourth-order valence-electron chi connectivity index (χ4n) is 1.91. The Labute approximate surface area is 123 Å². The maximum absolute atomic E-state index is 4.49. The summed E-state index contributed by atoms with van der Waals surface area (Å²) < 4.78 is 1.85. The Kier molecular flexibility index (Phi) is 3.25. The predicted molar refractivity (Wildman–Crippen MR) is 83.5 cm³/mol. The van der Waals surface area contributed by atoms with E-state index >= 15 is 0 Å². The Balaban J connectivity index is 1.85. The molecule has 0 bridgehead atoms. The van der Waals surface area contributed by atoms with Crippen molar-refractivity contribution in [2.45, 2.75) is 26.3 Å². The number of rotatable bonds is 2. The highest BCUT2D eigenvalue weighted by Gasteiger charge is 2.14. The van der Waals surface area contributed by atoms with Gasteiger partial charge in [-0.2, -0.15) is 0 Å². The average molecular weight is 279 g/mol. The van der Waals surface area contributed by atoms with Crippen LogP contribution in [-0.4, -0.2) is 25.0 Å². The highest BCUT2D eigenvalue weighted by Crippen LogP contribution is 2.14. The van der Waals surface area contributed by atoms with Crippen LogP contribution in [0.15, 0.2) is 36.7 Å². The van der Waals surface area contributed by atoms with Crippen LogP contribution < -0.4 is 0 Å².